The summed E-state index contributed by atoms with van der Waals surface area (Å²) in [6.45, 7) is -0.263. The Labute approximate surface area is 128 Å². The number of benzene rings is 1. The van der Waals surface area contributed by atoms with Gasteiger partial charge >= 0.3 is 12.1 Å². The SMILES string of the molecule is N#CC1(c2ccc([N+](=O)[O-])cc2)C2CN(C(=O)C(F)(F)F)C[C@@H]21. The summed E-state index contributed by atoms with van der Waals surface area (Å²) in [5.74, 6) is -2.64. The number of nitro groups is 1. The molecule has 2 unspecified atom stereocenters. The van der Waals surface area contributed by atoms with Crippen molar-refractivity contribution in [1.82, 2.24) is 4.90 Å². The number of hydrogen-bond acceptors (Lipinski definition) is 4. The number of likely N-dealkylation sites (tertiary alicyclic amines) is 1. The molecular weight excluding hydrogens is 315 g/mol. The lowest BCUT2D eigenvalue weighted by Crippen LogP contribution is -2.42. The molecule has 0 bridgehead atoms. The number of carbonyl (C=O) groups excluding carboxylic acids is 1. The molecule has 1 aromatic carbocycles. The van der Waals surface area contributed by atoms with Gasteiger partial charge in [0.15, 0.2) is 0 Å². The minimum Gasteiger partial charge on any atom is -0.334 e. The predicted octanol–water partition coefficient (Wildman–Crippen LogP) is 2.01. The van der Waals surface area contributed by atoms with Crippen molar-refractivity contribution < 1.29 is 22.9 Å². The molecule has 0 radical (unpaired) electrons. The van der Waals surface area contributed by atoms with Gasteiger partial charge in [-0.3, -0.25) is 14.9 Å². The normalized spacial score (nSPS) is 28.9. The van der Waals surface area contributed by atoms with E-state index in [1.807, 2.05) is 0 Å². The van der Waals surface area contributed by atoms with Crippen LogP contribution in [0.4, 0.5) is 18.9 Å². The summed E-state index contributed by atoms with van der Waals surface area (Å²) in [5.41, 5.74) is -0.543. The summed E-state index contributed by atoms with van der Waals surface area (Å²) in [6.07, 6.45) is -4.92. The van der Waals surface area contributed by atoms with Gasteiger partial charge in [0.25, 0.3) is 5.69 Å². The van der Waals surface area contributed by atoms with Gasteiger partial charge in [-0.1, -0.05) is 12.1 Å². The summed E-state index contributed by atoms with van der Waals surface area (Å²) in [5, 5.41) is 20.1. The molecule has 2 fully saturated rings. The fourth-order valence-electron chi connectivity index (χ4n) is 3.49. The Morgan fingerprint density at radius 2 is 1.83 bits per heavy atom. The van der Waals surface area contributed by atoms with E-state index < -0.39 is 22.4 Å². The second-order valence-corrected chi connectivity index (χ2v) is 5.71. The van der Waals surface area contributed by atoms with E-state index in [0.29, 0.717) is 5.56 Å². The van der Waals surface area contributed by atoms with Crippen LogP contribution in [0.2, 0.25) is 0 Å². The van der Waals surface area contributed by atoms with E-state index >= 15 is 0 Å². The van der Waals surface area contributed by atoms with Gasteiger partial charge in [0.2, 0.25) is 0 Å². The molecular formula is C14H10F3N3O3. The lowest BCUT2D eigenvalue weighted by molar-refractivity contribution is -0.384. The van der Waals surface area contributed by atoms with Crippen molar-refractivity contribution >= 4 is 11.6 Å². The number of hydrogen-bond donors (Lipinski definition) is 0. The highest BCUT2D eigenvalue weighted by Gasteiger charge is 2.71. The van der Waals surface area contributed by atoms with Gasteiger partial charge in [0, 0.05) is 37.1 Å². The van der Waals surface area contributed by atoms with Gasteiger partial charge < -0.3 is 4.90 Å². The fourth-order valence-corrected chi connectivity index (χ4v) is 3.49. The fraction of sp³-hybridized carbons (Fsp3) is 0.429. The predicted molar refractivity (Wildman–Crippen MR) is 70.0 cm³/mol. The zero-order valence-electron chi connectivity index (χ0n) is 11.6. The Balaban J connectivity index is 1.79. The number of nitriles is 1. The average molecular weight is 325 g/mol. The summed E-state index contributed by atoms with van der Waals surface area (Å²) < 4.78 is 37.3. The van der Waals surface area contributed by atoms with Crippen LogP contribution < -0.4 is 0 Å². The van der Waals surface area contributed by atoms with Crippen molar-refractivity contribution in [3.63, 3.8) is 0 Å². The number of piperidine rings is 1. The molecule has 6 nitrogen and oxygen atoms in total. The largest absolute Gasteiger partial charge is 0.471 e. The topological polar surface area (TPSA) is 87.2 Å². The van der Waals surface area contributed by atoms with Crippen molar-refractivity contribution in [3.05, 3.63) is 39.9 Å². The molecule has 3 atom stereocenters. The third-order valence-electron chi connectivity index (χ3n) is 4.65. The zero-order chi connectivity index (χ0) is 17.0. The Hall–Kier alpha value is -2.63. The molecule has 1 aromatic rings. The van der Waals surface area contributed by atoms with Crippen LogP contribution in [0.1, 0.15) is 5.56 Å². The molecule has 9 heteroatoms. The number of carbonyl (C=O) groups is 1. The minimum atomic E-state index is -4.92. The van der Waals surface area contributed by atoms with Crippen molar-refractivity contribution in [2.45, 2.75) is 11.6 Å². The third-order valence-corrected chi connectivity index (χ3v) is 4.65. The van der Waals surface area contributed by atoms with Gasteiger partial charge in [-0.2, -0.15) is 18.4 Å². The van der Waals surface area contributed by atoms with Crippen molar-refractivity contribution in [1.29, 1.82) is 5.26 Å². The van der Waals surface area contributed by atoms with Crippen LogP contribution in [0.3, 0.4) is 0 Å². The number of halogens is 3. The zero-order valence-corrected chi connectivity index (χ0v) is 11.6. The molecule has 1 saturated heterocycles. The van der Waals surface area contributed by atoms with Gasteiger partial charge in [-0.05, 0) is 5.56 Å². The minimum absolute atomic E-state index is 0.124. The van der Waals surface area contributed by atoms with E-state index in [9.17, 15) is 33.3 Å². The number of rotatable bonds is 2. The molecule has 0 N–H and O–H groups in total. The maximum absolute atomic E-state index is 12.4. The molecule has 0 aromatic heterocycles. The number of nitrogens with zero attached hydrogens (tertiary/aromatic N) is 3. The second kappa shape index (κ2) is 4.68. The number of fused-ring (bicyclic) bond motifs is 1. The van der Waals surface area contributed by atoms with Crippen LogP contribution in [0, 0.1) is 33.3 Å². The molecule has 120 valence electrons. The lowest BCUT2D eigenvalue weighted by Gasteiger charge is -2.23. The maximum atomic E-state index is 12.4. The molecule has 1 amide bonds. The van der Waals surface area contributed by atoms with E-state index in [0.717, 1.165) is 4.90 Å². The van der Waals surface area contributed by atoms with Crippen LogP contribution in [-0.4, -0.2) is 35.0 Å². The highest BCUT2D eigenvalue weighted by molar-refractivity contribution is 5.82. The molecule has 23 heavy (non-hydrogen) atoms. The molecule has 3 rings (SSSR count). The van der Waals surface area contributed by atoms with Gasteiger partial charge in [-0.25, -0.2) is 0 Å². The molecule has 1 aliphatic heterocycles. The summed E-state index contributed by atoms with van der Waals surface area (Å²) in [7, 11) is 0. The van der Waals surface area contributed by atoms with Crippen molar-refractivity contribution in [2.75, 3.05) is 13.1 Å². The molecule has 2 aliphatic rings. The monoisotopic (exact) mass is 325 g/mol. The van der Waals surface area contributed by atoms with Crippen LogP contribution in [0.5, 0.6) is 0 Å². The first kappa shape index (κ1) is 15.3. The smallest absolute Gasteiger partial charge is 0.334 e. The summed E-state index contributed by atoms with van der Waals surface area (Å²) >= 11 is 0. The van der Waals surface area contributed by atoms with Gasteiger partial charge in [0.05, 0.1) is 16.4 Å². The van der Waals surface area contributed by atoms with E-state index in [1.54, 1.807) is 0 Å². The first-order valence-electron chi connectivity index (χ1n) is 6.74. The van der Waals surface area contributed by atoms with Gasteiger partial charge in [-0.15, -0.1) is 0 Å². The molecule has 1 saturated carbocycles. The van der Waals surface area contributed by atoms with Crippen molar-refractivity contribution in [2.24, 2.45) is 11.8 Å². The van der Waals surface area contributed by atoms with E-state index in [-0.39, 0.29) is 30.6 Å². The average Bonchev–Trinajstić information content (AvgIpc) is 2.88. The second-order valence-electron chi connectivity index (χ2n) is 5.71. The number of non-ortho nitro benzene ring substituents is 1. The highest BCUT2D eigenvalue weighted by Crippen LogP contribution is 2.63. The van der Waals surface area contributed by atoms with E-state index in [2.05, 4.69) is 6.07 Å². The van der Waals surface area contributed by atoms with Crippen LogP contribution in [0.25, 0.3) is 0 Å². The lowest BCUT2D eigenvalue weighted by atomic mass is 9.91. The number of alkyl halides is 3. The molecule has 1 heterocycles. The van der Waals surface area contributed by atoms with Crippen molar-refractivity contribution in [3.8, 4) is 6.07 Å². The molecule has 1 aliphatic carbocycles. The number of nitro benzene ring substituents is 1. The van der Waals surface area contributed by atoms with E-state index in [4.69, 9.17) is 0 Å². The number of amides is 1. The summed E-state index contributed by atoms with van der Waals surface area (Å²) in [4.78, 5) is 22.0. The standard InChI is InChI=1S/C14H10F3N3O3/c15-14(16,17)12(21)19-5-10-11(6-19)13(10,7-18)8-1-3-9(4-2-8)20(22)23/h1-4,10-11H,5-6H2/t10-,11?,13?/m0/s1. The van der Waals surface area contributed by atoms with Crippen LogP contribution >= 0.6 is 0 Å². The maximum Gasteiger partial charge on any atom is 0.471 e. The Morgan fingerprint density at radius 3 is 2.22 bits per heavy atom. The summed E-state index contributed by atoms with van der Waals surface area (Å²) in [6, 6.07) is 7.57. The Morgan fingerprint density at radius 1 is 1.30 bits per heavy atom. The van der Waals surface area contributed by atoms with E-state index in [1.165, 1.54) is 24.3 Å². The Kier molecular flexibility index (Phi) is 3.11. The third kappa shape index (κ3) is 2.13. The van der Waals surface area contributed by atoms with Crippen LogP contribution in [0.15, 0.2) is 24.3 Å². The van der Waals surface area contributed by atoms with Gasteiger partial charge in [0.1, 0.15) is 0 Å². The Bertz CT molecular complexity index is 712. The first-order chi connectivity index (χ1) is 10.7. The molecule has 0 spiro atoms. The van der Waals surface area contributed by atoms with Crippen LogP contribution in [-0.2, 0) is 10.2 Å². The highest BCUT2D eigenvalue weighted by atomic mass is 19.4. The first-order valence-corrected chi connectivity index (χ1v) is 6.74. The quantitative estimate of drug-likeness (QED) is 0.615.